The van der Waals surface area contributed by atoms with Gasteiger partial charge in [-0.3, -0.25) is 4.98 Å². The first kappa shape index (κ1) is 11.0. The third-order valence-electron chi connectivity index (χ3n) is 3.08. The third-order valence-corrected chi connectivity index (χ3v) is 3.49. The van der Waals surface area contributed by atoms with Crippen molar-refractivity contribution < 1.29 is 0 Å². The molecule has 2 heterocycles. The molecule has 0 radical (unpaired) electrons. The SMILES string of the molecule is CN1CCC[C@H]1CCc1cnc(Br)cn1. The Morgan fingerprint density at radius 3 is 2.93 bits per heavy atom. The van der Waals surface area contributed by atoms with Crippen LogP contribution < -0.4 is 0 Å². The fourth-order valence-electron chi connectivity index (χ4n) is 2.13. The lowest BCUT2D eigenvalue weighted by atomic mass is 10.1. The van der Waals surface area contributed by atoms with Crippen LogP contribution in [0.4, 0.5) is 0 Å². The Hall–Kier alpha value is -0.480. The first-order chi connectivity index (χ1) is 7.25. The van der Waals surface area contributed by atoms with E-state index in [1.54, 1.807) is 6.20 Å². The first-order valence-electron chi connectivity index (χ1n) is 5.42. The van der Waals surface area contributed by atoms with E-state index in [4.69, 9.17) is 0 Å². The van der Waals surface area contributed by atoms with Gasteiger partial charge in [0.1, 0.15) is 4.60 Å². The Balaban J connectivity index is 1.85. The number of hydrogen-bond acceptors (Lipinski definition) is 3. The highest BCUT2D eigenvalue weighted by molar-refractivity contribution is 9.10. The van der Waals surface area contributed by atoms with Crippen molar-refractivity contribution in [3.63, 3.8) is 0 Å². The van der Waals surface area contributed by atoms with Crippen molar-refractivity contribution >= 4 is 15.9 Å². The van der Waals surface area contributed by atoms with Crippen molar-refractivity contribution in [1.29, 1.82) is 0 Å². The maximum Gasteiger partial charge on any atom is 0.124 e. The minimum absolute atomic E-state index is 0.746. The van der Waals surface area contributed by atoms with E-state index in [-0.39, 0.29) is 0 Å². The van der Waals surface area contributed by atoms with Gasteiger partial charge in [0.15, 0.2) is 0 Å². The highest BCUT2D eigenvalue weighted by Gasteiger charge is 2.20. The van der Waals surface area contributed by atoms with E-state index < -0.39 is 0 Å². The summed E-state index contributed by atoms with van der Waals surface area (Å²) >= 11 is 3.29. The molecule has 1 aromatic rings. The molecule has 0 N–H and O–H groups in total. The minimum Gasteiger partial charge on any atom is -0.303 e. The Morgan fingerprint density at radius 2 is 2.33 bits per heavy atom. The molecule has 82 valence electrons. The highest BCUT2D eigenvalue weighted by Crippen LogP contribution is 2.19. The average molecular weight is 270 g/mol. The second-order valence-electron chi connectivity index (χ2n) is 4.15. The Morgan fingerprint density at radius 1 is 1.47 bits per heavy atom. The van der Waals surface area contributed by atoms with E-state index in [0.717, 1.165) is 22.8 Å². The molecule has 3 nitrogen and oxygen atoms in total. The maximum atomic E-state index is 4.34. The molecule has 0 aliphatic carbocycles. The number of rotatable bonds is 3. The molecule has 1 atom stereocenters. The normalized spacial score (nSPS) is 22.1. The summed E-state index contributed by atoms with van der Waals surface area (Å²) in [5.41, 5.74) is 1.10. The molecule has 0 saturated carbocycles. The topological polar surface area (TPSA) is 29.0 Å². The van der Waals surface area contributed by atoms with Gasteiger partial charge in [0.05, 0.1) is 11.9 Å². The molecular weight excluding hydrogens is 254 g/mol. The van der Waals surface area contributed by atoms with Crippen molar-refractivity contribution in [3.8, 4) is 0 Å². The van der Waals surface area contributed by atoms with Gasteiger partial charge in [0, 0.05) is 12.2 Å². The van der Waals surface area contributed by atoms with E-state index in [1.807, 2.05) is 6.20 Å². The first-order valence-corrected chi connectivity index (χ1v) is 6.21. The lowest BCUT2D eigenvalue weighted by molar-refractivity contribution is 0.296. The molecule has 15 heavy (non-hydrogen) atoms. The van der Waals surface area contributed by atoms with E-state index in [0.29, 0.717) is 0 Å². The quantitative estimate of drug-likeness (QED) is 0.843. The van der Waals surface area contributed by atoms with Gasteiger partial charge >= 0.3 is 0 Å². The largest absolute Gasteiger partial charge is 0.303 e. The molecule has 0 aromatic carbocycles. The molecule has 2 rings (SSSR count). The second-order valence-corrected chi connectivity index (χ2v) is 4.96. The van der Waals surface area contributed by atoms with Gasteiger partial charge < -0.3 is 4.90 Å². The predicted molar refractivity (Wildman–Crippen MR) is 63.7 cm³/mol. The molecule has 1 aromatic heterocycles. The average Bonchev–Trinajstić information content (AvgIpc) is 2.63. The van der Waals surface area contributed by atoms with Crippen molar-refractivity contribution in [2.75, 3.05) is 13.6 Å². The molecule has 0 spiro atoms. The van der Waals surface area contributed by atoms with Gasteiger partial charge in [-0.05, 0) is 55.2 Å². The number of nitrogens with zero attached hydrogens (tertiary/aromatic N) is 3. The monoisotopic (exact) mass is 269 g/mol. The standard InChI is InChI=1S/C11H16BrN3/c1-15-6-2-3-10(15)5-4-9-7-14-11(12)8-13-9/h7-8,10H,2-6H2,1H3/t10-/m0/s1. The summed E-state index contributed by atoms with van der Waals surface area (Å²) in [6.45, 7) is 1.25. The summed E-state index contributed by atoms with van der Waals surface area (Å²) in [5.74, 6) is 0. The van der Waals surface area contributed by atoms with E-state index in [1.165, 1.54) is 25.8 Å². The molecule has 1 aliphatic rings. The van der Waals surface area contributed by atoms with E-state index in [2.05, 4.69) is 37.8 Å². The Kier molecular flexibility index (Phi) is 3.70. The Labute approximate surface area is 99.0 Å². The van der Waals surface area contributed by atoms with Crippen LogP contribution in [0.2, 0.25) is 0 Å². The summed E-state index contributed by atoms with van der Waals surface area (Å²) in [6.07, 6.45) is 8.54. The van der Waals surface area contributed by atoms with E-state index >= 15 is 0 Å². The van der Waals surface area contributed by atoms with Crippen LogP contribution in [0.15, 0.2) is 17.0 Å². The third kappa shape index (κ3) is 2.98. The molecule has 0 bridgehead atoms. The van der Waals surface area contributed by atoms with Crippen LogP contribution in [0, 0.1) is 0 Å². The van der Waals surface area contributed by atoms with Crippen LogP contribution >= 0.6 is 15.9 Å². The zero-order chi connectivity index (χ0) is 10.7. The predicted octanol–water partition coefficient (Wildman–Crippen LogP) is 2.27. The van der Waals surface area contributed by atoms with Crippen LogP contribution in [0.5, 0.6) is 0 Å². The lowest BCUT2D eigenvalue weighted by Gasteiger charge is -2.18. The second kappa shape index (κ2) is 5.03. The number of aromatic nitrogens is 2. The zero-order valence-corrected chi connectivity index (χ0v) is 10.6. The van der Waals surface area contributed by atoms with Gasteiger partial charge in [-0.2, -0.15) is 0 Å². The summed E-state index contributed by atoms with van der Waals surface area (Å²) in [6, 6.07) is 0.746. The van der Waals surface area contributed by atoms with Crippen molar-refractivity contribution in [3.05, 3.63) is 22.7 Å². The van der Waals surface area contributed by atoms with Crippen molar-refractivity contribution in [2.24, 2.45) is 0 Å². The fourth-order valence-corrected chi connectivity index (χ4v) is 2.33. The van der Waals surface area contributed by atoms with E-state index in [9.17, 15) is 0 Å². The Bertz CT molecular complexity index is 312. The summed E-state index contributed by atoms with van der Waals surface area (Å²) in [5, 5.41) is 0. The van der Waals surface area contributed by atoms with Crippen LogP contribution in [0.25, 0.3) is 0 Å². The number of aryl methyl sites for hydroxylation is 1. The summed E-state index contributed by atoms with van der Waals surface area (Å²) in [7, 11) is 2.21. The summed E-state index contributed by atoms with van der Waals surface area (Å²) < 4.78 is 0.809. The molecule has 1 fully saturated rings. The minimum atomic E-state index is 0.746. The highest BCUT2D eigenvalue weighted by atomic mass is 79.9. The number of halogens is 1. The van der Waals surface area contributed by atoms with Crippen molar-refractivity contribution in [1.82, 2.24) is 14.9 Å². The van der Waals surface area contributed by atoms with Crippen LogP contribution in [0.1, 0.15) is 25.0 Å². The van der Waals surface area contributed by atoms with Gasteiger partial charge in [0.2, 0.25) is 0 Å². The van der Waals surface area contributed by atoms with Crippen LogP contribution in [0.3, 0.4) is 0 Å². The molecule has 0 amide bonds. The maximum absolute atomic E-state index is 4.34. The van der Waals surface area contributed by atoms with Gasteiger partial charge in [0.25, 0.3) is 0 Å². The molecule has 1 aliphatic heterocycles. The van der Waals surface area contributed by atoms with Gasteiger partial charge in [-0.1, -0.05) is 0 Å². The molecular formula is C11H16BrN3. The number of hydrogen-bond donors (Lipinski definition) is 0. The summed E-state index contributed by atoms with van der Waals surface area (Å²) in [4.78, 5) is 11.0. The van der Waals surface area contributed by atoms with Crippen LogP contribution in [-0.4, -0.2) is 34.5 Å². The fraction of sp³-hybridized carbons (Fsp3) is 0.636. The molecule has 1 saturated heterocycles. The molecule has 4 heteroatoms. The van der Waals surface area contributed by atoms with Gasteiger partial charge in [-0.25, -0.2) is 4.98 Å². The molecule has 0 unspecified atom stereocenters. The zero-order valence-electron chi connectivity index (χ0n) is 8.99. The smallest absolute Gasteiger partial charge is 0.124 e. The van der Waals surface area contributed by atoms with Crippen molar-refractivity contribution in [2.45, 2.75) is 31.7 Å². The van der Waals surface area contributed by atoms with Crippen LogP contribution in [-0.2, 0) is 6.42 Å². The lowest BCUT2D eigenvalue weighted by Crippen LogP contribution is -2.25. The number of likely N-dealkylation sites (tertiary alicyclic amines) is 1. The van der Waals surface area contributed by atoms with Gasteiger partial charge in [-0.15, -0.1) is 0 Å².